The Morgan fingerprint density at radius 1 is 1.17 bits per heavy atom. The number of benzene rings is 1. The minimum Gasteiger partial charge on any atom is -0.356 e. The summed E-state index contributed by atoms with van der Waals surface area (Å²) in [4.78, 5) is 21.2. The van der Waals surface area contributed by atoms with Crippen molar-refractivity contribution in [3.8, 4) is 0 Å². The molecule has 1 heterocycles. The van der Waals surface area contributed by atoms with Crippen LogP contribution in [0.1, 0.15) is 29.8 Å². The molecule has 0 aliphatic carbocycles. The van der Waals surface area contributed by atoms with Gasteiger partial charge in [0.15, 0.2) is 5.96 Å². The summed E-state index contributed by atoms with van der Waals surface area (Å²) in [7, 11) is 3.45. The van der Waals surface area contributed by atoms with Gasteiger partial charge in [-0.3, -0.25) is 9.79 Å². The van der Waals surface area contributed by atoms with Gasteiger partial charge in [-0.1, -0.05) is 26.0 Å². The van der Waals surface area contributed by atoms with Crippen molar-refractivity contribution in [1.29, 1.82) is 0 Å². The monoisotopic (exact) mass is 530 g/mol. The number of amides is 1. The van der Waals surface area contributed by atoms with E-state index in [1.165, 1.54) is 26.2 Å². The average molecular weight is 530 g/mol. The Hall–Kier alpha value is -1.39. The van der Waals surface area contributed by atoms with Gasteiger partial charge in [-0.2, -0.15) is 0 Å². The molecule has 1 amide bonds. The van der Waals surface area contributed by atoms with Gasteiger partial charge in [0.2, 0.25) is 0 Å². The number of rotatable bonds is 9. The Bertz CT molecular complexity index is 661. The van der Waals surface area contributed by atoms with E-state index >= 15 is 0 Å². The third-order valence-corrected chi connectivity index (χ3v) is 5.45. The highest BCUT2D eigenvalue weighted by atomic mass is 127. The molecule has 1 aromatic carbocycles. The lowest BCUT2D eigenvalue weighted by Crippen LogP contribution is -2.48. The van der Waals surface area contributed by atoms with Crippen LogP contribution in [0.5, 0.6) is 0 Å². The van der Waals surface area contributed by atoms with E-state index < -0.39 is 0 Å². The first-order chi connectivity index (χ1) is 14.0. The molecule has 2 rings (SSSR count). The summed E-state index contributed by atoms with van der Waals surface area (Å²) < 4.78 is 0. The maximum absolute atomic E-state index is 11.8. The molecule has 1 aromatic rings. The zero-order valence-corrected chi connectivity index (χ0v) is 21.2. The Labute approximate surface area is 199 Å². The lowest BCUT2D eigenvalue weighted by atomic mass is 10.1. The Morgan fingerprint density at radius 3 is 2.50 bits per heavy atom. The van der Waals surface area contributed by atoms with Crippen LogP contribution in [-0.4, -0.2) is 88.1 Å². The van der Waals surface area contributed by atoms with Crippen molar-refractivity contribution in [2.75, 3.05) is 66.5 Å². The zero-order chi connectivity index (χ0) is 21.1. The quantitative estimate of drug-likeness (QED) is 0.257. The molecule has 1 aliphatic heterocycles. The van der Waals surface area contributed by atoms with Gasteiger partial charge in [-0.25, -0.2) is 0 Å². The Morgan fingerprint density at radius 2 is 1.87 bits per heavy atom. The van der Waals surface area contributed by atoms with Crippen molar-refractivity contribution in [2.24, 2.45) is 10.9 Å². The van der Waals surface area contributed by atoms with Gasteiger partial charge in [0.25, 0.3) is 5.91 Å². The number of carbonyl (C=O) groups excluding carboxylic acids is 1. The van der Waals surface area contributed by atoms with Crippen LogP contribution in [-0.2, 0) is 6.42 Å². The van der Waals surface area contributed by atoms with Crippen molar-refractivity contribution in [3.63, 3.8) is 0 Å². The molecule has 8 heteroatoms. The molecule has 0 bridgehead atoms. The molecule has 0 saturated carbocycles. The van der Waals surface area contributed by atoms with E-state index in [1.54, 1.807) is 14.1 Å². The molecule has 0 spiro atoms. The minimum absolute atomic E-state index is 0. The second-order valence-corrected chi connectivity index (χ2v) is 7.75. The molecule has 1 unspecified atom stereocenters. The van der Waals surface area contributed by atoms with Crippen LogP contribution in [0.2, 0.25) is 0 Å². The predicted molar refractivity (Wildman–Crippen MR) is 136 cm³/mol. The summed E-state index contributed by atoms with van der Waals surface area (Å²) >= 11 is 0. The normalized spacial score (nSPS) is 16.5. The van der Waals surface area contributed by atoms with Crippen molar-refractivity contribution in [2.45, 2.75) is 20.3 Å². The highest BCUT2D eigenvalue weighted by molar-refractivity contribution is 14.0. The summed E-state index contributed by atoms with van der Waals surface area (Å²) in [6.45, 7) is 13.2. The minimum atomic E-state index is -0.0534. The standard InChI is InChI=1S/C22H38N6O.HI/c1-5-27-11-13-28(14-12-27)17-18(2)16-26-22(24-4)25-10-9-19-7-6-8-20(15-19)21(29)23-3;/h6-8,15,18H,5,9-14,16-17H2,1-4H3,(H,23,29)(H2,24,25,26);1H. The van der Waals surface area contributed by atoms with Gasteiger partial charge in [0.05, 0.1) is 0 Å². The van der Waals surface area contributed by atoms with Gasteiger partial charge in [0.1, 0.15) is 0 Å². The number of aliphatic imine (C=N–C) groups is 1. The van der Waals surface area contributed by atoms with E-state index in [0.29, 0.717) is 11.5 Å². The zero-order valence-electron chi connectivity index (χ0n) is 18.9. The van der Waals surface area contributed by atoms with Crippen molar-refractivity contribution < 1.29 is 4.79 Å². The van der Waals surface area contributed by atoms with Crippen molar-refractivity contribution >= 4 is 35.8 Å². The van der Waals surface area contributed by atoms with Crippen molar-refractivity contribution in [3.05, 3.63) is 35.4 Å². The molecule has 3 N–H and O–H groups in total. The second-order valence-electron chi connectivity index (χ2n) is 7.75. The molecule has 170 valence electrons. The van der Waals surface area contributed by atoms with Gasteiger partial charge in [-0.05, 0) is 36.6 Å². The highest BCUT2D eigenvalue weighted by Gasteiger charge is 2.17. The Kier molecular flexibility index (Phi) is 13.0. The number of hydrogen-bond donors (Lipinski definition) is 3. The number of nitrogens with one attached hydrogen (secondary N) is 3. The van der Waals surface area contributed by atoms with Gasteiger partial charge in [0, 0.05) is 65.5 Å². The van der Waals surface area contributed by atoms with Crippen LogP contribution in [0.4, 0.5) is 0 Å². The third-order valence-electron chi connectivity index (χ3n) is 5.45. The largest absolute Gasteiger partial charge is 0.356 e. The number of guanidine groups is 1. The molecular weight excluding hydrogens is 491 g/mol. The van der Waals surface area contributed by atoms with E-state index in [-0.39, 0.29) is 29.9 Å². The molecule has 1 atom stereocenters. The van der Waals surface area contributed by atoms with E-state index in [4.69, 9.17) is 0 Å². The summed E-state index contributed by atoms with van der Waals surface area (Å²) in [6.07, 6.45) is 0.836. The first kappa shape index (κ1) is 26.6. The molecule has 30 heavy (non-hydrogen) atoms. The topological polar surface area (TPSA) is 72.0 Å². The van der Waals surface area contributed by atoms with Crippen LogP contribution in [0.15, 0.2) is 29.3 Å². The highest BCUT2D eigenvalue weighted by Crippen LogP contribution is 2.06. The first-order valence-corrected chi connectivity index (χ1v) is 10.8. The first-order valence-electron chi connectivity index (χ1n) is 10.8. The maximum atomic E-state index is 11.8. The van der Waals surface area contributed by atoms with Crippen LogP contribution in [0.25, 0.3) is 0 Å². The molecule has 0 aromatic heterocycles. The summed E-state index contributed by atoms with van der Waals surface area (Å²) in [6, 6.07) is 7.75. The van der Waals surface area contributed by atoms with Crippen LogP contribution in [0, 0.1) is 5.92 Å². The number of halogens is 1. The van der Waals surface area contributed by atoms with E-state index in [2.05, 4.69) is 44.6 Å². The predicted octanol–water partition coefficient (Wildman–Crippen LogP) is 1.65. The molecule has 7 nitrogen and oxygen atoms in total. The van der Waals surface area contributed by atoms with Gasteiger partial charge >= 0.3 is 0 Å². The fourth-order valence-electron chi connectivity index (χ4n) is 3.62. The molecule has 0 radical (unpaired) electrons. The van der Waals surface area contributed by atoms with Crippen LogP contribution < -0.4 is 16.0 Å². The number of carbonyl (C=O) groups is 1. The van der Waals surface area contributed by atoms with Crippen molar-refractivity contribution in [1.82, 2.24) is 25.8 Å². The lowest BCUT2D eigenvalue weighted by molar-refractivity contribution is 0.0963. The van der Waals surface area contributed by atoms with E-state index in [9.17, 15) is 4.79 Å². The van der Waals surface area contributed by atoms with Gasteiger partial charge < -0.3 is 25.8 Å². The summed E-state index contributed by atoms with van der Waals surface area (Å²) in [5.74, 6) is 1.34. The number of nitrogens with zero attached hydrogens (tertiary/aromatic N) is 3. The average Bonchev–Trinajstić information content (AvgIpc) is 2.76. The Balaban J connectivity index is 0.00000450. The maximum Gasteiger partial charge on any atom is 0.251 e. The smallest absolute Gasteiger partial charge is 0.251 e. The van der Waals surface area contributed by atoms with Gasteiger partial charge in [-0.15, -0.1) is 24.0 Å². The number of likely N-dealkylation sites (N-methyl/N-ethyl adjacent to an activating group) is 1. The van der Waals surface area contributed by atoms with Crippen LogP contribution >= 0.6 is 24.0 Å². The molecule has 1 aliphatic rings. The van der Waals surface area contributed by atoms with E-state index in [1.807, 2.05) is 24.3 Å². The molecule has 1 saturated heterocycles. The fraction of sp³-hybridized carbons (Fsp3) is 0.636. The number of piperazine rings is 1. The summed E-state index contributed by atoms with van der Waals surface area (Å²) in [5.41, 5.74) is 1.83. The third kappa shape index (κ3) is 9.18. The fourth-order valence-corrected chi connectivity index (χ4v) is 3.62. The van der Waals surface area contributed by atoms with Crippen LogP contribution in [0.3, 0.4) is 0 Å². The number of hydrogen-bond acceptors (Lipinski definition) is 4. The lowest BCUT2D eigenvalue weighted by Gasteiger charge is -2.35. The molecule has 1 fully saturated rings. The second kappa shape index (κ2) is 14.6. The molecular formula is C22H39IN6O. The SMILES string of the molecule is CCN1CCN(CC(C)CNC(=NC)NCCc2cccc(C(=O)NC)c2)CC1.I. The van der Waals surface area contributed by atoms with E-state index in [0.717, 1.165) is 44.1 Å². The summed E-state index contributed by atoms with van der Waals surface area (Å²) in [5, 5.41) is 9.48.